The lowest BCUT2D eigenvalue weighted by atomic mass is 10.2. The van der Waals surface area contributed by atoms with Crippen LogP contribution in [0.25, 0.3) is 0 Å². The molecule has 3 aromatic rings. The van der Waals surface area contributed by atoms with E-state index in [4.69, 9.17) is 21.4 Å². The van der Waals surface area contributed by atoms with Crippen molar-refractivity contribution in [3.05, 3.63) is 76.4 Å². The van der Waals surface area contributed by atoms with Crippen LogP contribution in [0, 0.1) is 6.92 Å². The van der Waals surface area contributed by atoms with Crippen molar-refractivity contribution < 1.29 is 19.4 Å². The quantitative estimate of drug-likeness (QED) is 0.643. The Morgan fingerprint density at radius 3 is 2.65 bits per heavy atom. The molecule has 0 unspecified atom stereocenters. The van der Waals surface area contributed by atoms with Crippen molar-refractivity contribution in [2.24, 2.45) is 0 Å². The Bertz CT molecular complexity index is 906. The lowest BCUT2D eigenvalue weighted by Crippen LogP contribution is -2.08. The number of para-hydroxylation sites is 1. The molecule has 0 saturated heterocycles. The van der Waals surface area contributed by atoms with Gasteiger partial charge < -0.3 is 14.6 Å². The van der Waals surface area contributed by atoms with Crippen LogP contribution in [0.15, 0.2) is 54.6 Å². The van der Waals surface area contributed by atoms with Gasteiger partial charge in [-0.15, -0.1) is 5.10 Å². The molecule has 26 heavy (non-hydrogen) atoms. The van der Waals surface area contributed by atoms with E-state index in [1.165, 1.54) is 0 Å². The average Bonchev–Trinajstić information content (AvgIpc) is 2.94. The number of aryl methyl sites for hydroxylation is 1. The summed E-state index contributed by atoms with van der Waals surface area (Å²) in [7, 11) is 0. The fraction of sp³-hybridized carbons (Fsp3) is 0.158. The number of hydrogen-bond acceptors (Lipinski definition) is 4. The third-order valence-electron chi connectivity index (χ3n) is 3.75. The van der Waals surface area contributed by atoms with E-state index >= 15 is 0 Å². The van der Waals surface area contributed by atoms with Gasteiger partial charge in [0.1, 0.15) is 12.4 Å². The minimum Gasteiger partial charge on any atom is -0.489 e. The van der Waals surface area contributed by atoms with Gasteiger partial charge in [0.25, 0.3) is 0 Å². The number of ether oxygens (including phenoxy) is 2. The number of carbonyl (C=O) groups is 1. The minimum absolute atomic E-state index is 0.0505. The Hall–Kier alpha value is -2.99. The second-order valence-electron chi connectivity index (χ2n) is 5.67. The molecule has 0 aliphatic rings. The Labute approximate surface area is 155 Å². The van der Waals surface area contributed by atoms with Crippen LogP contribution in [-0.2, 0) is 13.2 Å². The summed E-state index contributed by atoms with van der Waals surface area (Å²) in [6, 6.07) is 16.7. The van der Waals surface area contributed by atoms with Crippen LogP contribution in [0.2, 0.25) is 5.02 Å². The Morgan fingerprint density at radius 1 is 1.19 bits per heavy atom. The summed E-state index contributed by atoms with van der Waals surface area (Å²) >= 11 is 5.90. The summed E-state index contributed by atoms with van der Waals surface area (Å²) in [6.45, 7) is 2.68. The lowest BCUT2D eigenvalue weighted by molar-refractivity contribution is 0.142. The molecule has 0 aliphatic carbocycles. The molecular formula is C19H17ClN2O4. The molecule has 0 spiro atoms. The molecule has 1 N–H and O–H groups in total. The maximum atomic E-state index is 10.6. The molecule has 0 saturated carbocycles. The molecule has 7 heteroatoms. The fourth-order valence-electron chi connectivity index (χ4n) is 2.46. The lowest BCUT2D eigenvalue weighted by Gasteiger charge is -2.12. The maximum absolute atomic E-state index is 10.6. The number of nitrogens with zero attached hydrogens (tertiary/aromatic N) is 2. The van der Waals surface area contributed by atoms with E-state index in [1.54, 1.807) is 10.7 Å². The van der Waals surface area contributed by atoms with Gasteiger partial charge in [0.15, 0.2) is 0 Å². The molecular weight excluding hydrogens is 356 g/mol. The second-order valence-corrected chi connectivity index (χ2v) is 6.11. The normalized spacial score (nSPS) is 10.5. The van der Waals surface area contributed by atoms with Gasteiger partial charge in [-0.1, -0.05) is 41.9 Å². The monoisotopic (exact) mass is 372 g/mol. The van der Waals surface area contributed by atoms with Crippen molar-refractivity contribution in [1.82, 2.24) is 9.78 Å². The first-order valence-electron chi connectivity index (χ1n) is 7.91. The van der Waals surface area contributed by atoms with E-state index in [2.05, 4.69) is 9.84 Å². The maximum Gasteiger partial charge on any atom is 0.512 e. The van der Waals surface area contributed by atoms with E-state index < -0.39 is 6.16 Å². The first-order chi connectivity index (χ1) is 12.5. The zero-order valence-corrected chi connectivity index (χ0v) is 14.8. The van der Waals surface area contributed by atoms with E-state index in [0.29, 0.717) is 18.2 Å². The van der Waals surface area contributed by atoms with E-state index in [9.17, 15) is 4.79 Å². The molecule has 0 amide bonds. The highest BCUT2D eigenvalue weighted by molar-refractivity contribution is 6.30. The highest BCUT2D eigenvalue weighted by atomic mass is 35.5. The van der Waals surface area contributed by atoms with Gasteiger partial charge in [0.2, 0.25) is 5.88 Å². The Kier molecular flexibility index (Phi) is 5.43. The molecule has 2 aromatic carbocycles. The number of rotatable bonds is 6. The number of halogens is 1. The fourth-order valence-corrected chi connectivity index (χ4v) is 2.58. The van der Waals surface area contributed by atoms with Crippen molar-refractivity contribution in [3.8, 4) is 11.6 Å². The van der Waals surface area contributed by atoms with Gasteiger partial charge in [-0.05, 0) is 30.7 Å². The molecule has 0 bridgehead atoms. The van der Waals surface area contributed by atoms with Gasteiger partial charge >= 0.3 is 6.16 Å². The molecule has 1 heterocycles. The molecule has 0 aliphatic heterocycles. The predicted octanol–water partition coefficient (Wildman–Crippen LogP) is 4.53. The summed E-state index contributed by atoms with van der Waals surface area (Å²) < 4.78 is 12.2. The van der Waals surface area contributed by atoms with Gasteiger partial charge in [-0.2, -0.15) is 0 Å². The molecule has 6 nitrogen and oxygen atoms in total. The van der Waals surface area contributed by atoms with E-state index in [-0.39, 0.29) is 5.88 Å². The zero-order valence-electron chi connectivity index (χ0n) is 14.1. The van der Waals surface area contributed by atoms with Crippen LogP contribution in [0.5, 0.6) is 11.6 Å². The van der Waals surface area contributed by atoms with E-state index in [0.717, 1.165) is 22.6 Å². The summed E-state index contributed by atoms with van der Waals surface area (Å²) in [4.78, 5) is 10.6. The van der Waals surface area contributed by atoms with Crippen molar-refractivity contribution in [2.45, 2.75) is 20.1 Å². The first-order valence-corrected chi connectivity index (χ1v) is 8.29. The van der Waals surface area contributed by atoms with E-state index in [1.807, 2.05) is 55.5 Å². The van der Waals surface area contributed by atoms with Gasteiger partial charge in [-0.3, -0.25) is 4.68 Å². The molecule has 3 rings (SSSR count). The van der Waals surface area contributed by atoms with Gasteiger partial charge in [-0.25, -0.2) is 4.79 Å². The van der Waals surface area contributed by atoms with Crippen LogP contribution in [0.3, 0.4) is 0 Å². The van der Waals surface area contributed by atoms with Crippen molar-refractivity contribution in [1.29, 1.82) is 0 Å². The third kappa shape index (κ3) is 4.55. The summed E-state index contributed by atoms with van der Waals surface area (Å²) in [5, 5.41) is 13.5. The minimum atomic E-state index is -1.39. The Balaban J connectivity index is 1.74. The van der Waals surface area contributed by atoms with Crippen LogP contribution < -0.4 is 9.47 Å². The van der Waals surface area contributed by atoms with Crippen LogP contribution in [0.4, 0.5) is 4.79 Å². The molecule has 134 valence electrons. The van der Waals surface area contributed by atoms with Gasteiger partial charge in [0.05, 0.1) is 6.54 Å². The smallest absolute Gasteiger partial charge is 0.489 e. The largest absolute Gasteiger partial charge is 0.512 e. The number of carboxylic acid groups (broad SMARTS) is 1. The molecule has 1 aromatic heterocycles. The number of benzene rings is 2. The highest BCUT2D eigenvalue weighted by Gasteiger charge is 2.11. The average molecular weight is 373 g/mol. The molecule has 0 atom stereocenters. The zero-order chi connectivity index (χ0) is 18.5. The van der Waals surface area contributed by atoms with Gasteiger partial charge in [0, 0.05) is 22.3 Å². The second kappa shape index (κ2) is 7.93. The topological polar surface area (TPSA) is 73.6 Å². The standard InChI is InChI=1S/C19H17ClN2O4/c1-13-10-18(26-19(23)24)21-22(13)11-15-4-2-3-5-17(15)25-12-14-6-8-16(20)9-7-14/h2-10H,11-12H2,1H3,(H,23,24). The third-order valence-corrected chi connectivity index (χ3v) is 4.00. The number of hydrogen-bond donors (Lipinski definition) is 1. The molecule has 0 radical (unpaired) electrons. The highest BCUT2D eigenvalue weighted by Crippen LogP contribution is 2.22. The van der Waals surface area contributed by atoms with Crippen molar-refractivity contribution in [3.63, 3.8) is 0 Å². The SMILES string of the molecule is Cc1cc(OC(=O)O)nn1Cc1ccccc1OCc1ccc(Cl)cc1. The van der Waals surface area contributed by atoms with Crippen LogP contribution in [-0.4, -0.2) is 21.0 Å². The van der Waals surface area contributed by atoms with Crippen LogP contribution >= 0.6 is 11.6 Å². The Morgan fingerprint density at radius 2 is 1.92 bits per heavy atom. The van der Waals surface area contributed by atoms with Crippen LogP contribution in [0.1, 0.15) is 16.8 Å². The predicted molar refractivity (Wildman–Crippen MR) is 96.9 cm³/mol. The van der Waals surface area contributed by atoms with Crippen molar-refractivity contribution in [2.75, 3.05) is 0 Å². The summed E-state index contributed by atoms with van der Waals surface area (Å²) in [5.41, 5.74) is 2.72. The van der Waals surface area contributed by atoms with Crippen molar-refractivity contribution >= 4 is 17.8 Å². The molecule has 0 fully saturated rings. The summed E-state index contributed by atoms with van der Waals surface area (Å²) in [6.07, 6.45) is -1.39. The summed E-state index contributed by atoms with van der Waals surface area (Å²) in [5.74, 6) is 0.785. The number of aromatic nitrogens is 2. The first kappa shape index (κ1) is 17.8.